The average molecular weight is 489 g/mol. The highest BCUT2D eigenvalue weighted by Gasteiger charge is 2.31. The number of halogens is 1. The molecule has 1 saturated carbocycles. The Kier molecular flexibility index (Phi) is 6.65. The first-order valence-corrected chi connectivity index (χ1v) is 13.0. The lowest BCUT2D eigenvalue weighted by molar-refractivity contribution is 0.0889. The molecular weight excluding hydrogens is 459 g/mol. The molecule has 0 radical (unpaired) electrons. The highest BCUT2D eigenvalue weighted by molar-refractivity contribution is 7.99. The molecule has 1 heterocycles. The summed E-state index contributed by atoms with van der Waals surface area (Å²) in [5.41, 5.74) is 2.13. The number of rotatable bonds is 4. The van der Waals surface area contributed by atoms with Crippen LogP contribution in [0.25, 0.3) is 0 Å². The number of hydrogen-bond donors (Lipinski definition) is 1. The molecule has 0 saturated heterocycles. The van der Waals surface area contributed by atoms with Crippen LogP contribution in [0.5, 0.6) is 0 Å². The van der Waals surface area contributed by atoms with Crippen LogP contribution >= 0.6 is 11.8 Å². The monoisotopic (exact) mass is 488 g/mol. The van der Waals surface area contributed by atoms with Crippen LogP contribution in [0, 0.1) is 17.7 Å². The summed E-state index contributed by atoms with van der Waals surface area (Å²) in [7, 11) is 0. The predicted octanol–water partition coefficient (Wildman–Crippen LogP) is 6.69. The maximum atomic E-state index is 14.6. The van der Waals surface area contributed by atoms with Gasteiger partial charge in [-0.3, -0.25) is 9.59 Å². The summed E-state index contributed by atoms with van der Waals surface area (Å²) in [6.45, 7) is 4.52. The van der Waals surface area contributed by atoms with E-state index in [2.05, 4.69) is 19.2 Å². The number of hydrogen-bond acceptors (Lipinski definition) is 3. The van der Waals surface area contributed by atoms with E-state index in [1.165, 1.54) is 24.2 Å². The second-order valence-electron chi connectivity index (χ2n) is 9.61. The molecule has 0 spiro atoms. The Morgan fingerprint density at radius 1 is 1.03 bits per heavy atom. The van der Waals surface area contributed by atoms with Gasteiger partial charge in [-0.05, 0) is 54.7 Å². The van der Waals surface area contributed by atoms with Crippen molar-refractivity contribution in [1.82, 2.24) is 5.32 Å². The van der Waals surface area contributed by atoms with Crippen molar-refractivity contribution in [3.63, 3.8) is 0 Å². The second kappa shape index (κ2) is 9.86. The van der Waals surface area contributed by atoms with E-state index < -0.39 is 0 Å². The van der Waals surface area contributed by atoms with Crippen molar-refractivity contribution in [2.45, 2.75) is 55.5 Å². The van der Waals surface area contributed by atoms with Crippen LogP contribution < -0.4 is 10.2 Å². The van der Waals surface area contributed by atoms with E-state index in [0.717, 1.165) is 22.6 Å². The van der Waals surface area contributed by atoms with Crippen molar-refractivity contribution in [3.8, 4) is 0 Å². The number of nitrogens with one attached hydrogen (secondary N) is 1. The van der Waals surface area contributed by atoms with Gasteiger partial charge in [0.05, 0.1) is 17.8 Å². The third kappa shape index (κ3) is 4.72. The quantitative estimate of drug-likeness (QED) is 0.445. The molecule has 0 unspecified atom stereocenters. The largest absolute Gasteiger partial charge is 0.349 e. The van der Waals surface area contributed by atoms with E-state index in [0.29, 0.717) is 34.2 Å². The minimum atomic E-state index is -0.360. The van der Waals surface area contributed by atoms with Crippen LogP contribution in [0.3, 0.4) is 0 Å². The summed E-state index contributed by atoms with van der Waals surface area (Å²) >= 11 is 1.49. The van der Waals surface area contributed by atoms with Gasteiger partial charge in [0.25, 0.3) is 11.8 Å². The molecule has 1 N–H and O–H groups in total. The van der Waals surface area contributed by atoms with E-state index in [1.54, 1.807) is 35.2 Å². The number of anilines is 1. The molecule has 2 amide bonds. The summed E-state index contributed by atoms with van der Waals surface area (Å²) in [5.74, 6) is 0.287. The van der Waals surface area contributed by atoms with E-state index in [4.69, 9.17) is 0 Å². The molecule has 3 aromatic rings. The Hall–Kier alpha value is -3.12. The first-order valence-electron chi connectivity index (χ1n) is 12.2. The molecule has 2 aliphatic rings. The lowest BCUT2D eigenvalue weighted by Crippen LogP contribution is -2.43. The second-order valence-corrected chi connectivity index (χ2v) is 10.7. The summed E-state index contributed by atoms with van der Waals surface area (Å²) in [5, 5.41) is 3.23. The predicted molar refractivity (Wildman–Crippen MR) is 137 cm³/mol. The molecule has 1 aliphatic carbocycles. The Labute approximate surface area is 209 Å². The van der Waals surface area contributed by atoms with Gasteiger partial charge in [0, 0.05) is 27.0 Å². The van der Waals surface area contributed by atoms with Crippen molar-refractivity contribution >= 4 is 29.3 Å². The molecule has 3 atom stereocenters. The van der Waals surface area contributed by atoms with Crippen molar-refractivity contribution in [1.29, 1.82) is 0 Å². The zero-order valence-corrected chi connectivity index (χ0v) is 20.8. The van der Waals surface area contributed by atoms with Gasteiger partial charge in [-0.15, -0.1) is 0 Å². The summed E-state index contributed by atoms with van der Waals surface area (Å²) in [6.07, 6.45) is 3.28. The number of benzene rings is 3. The smallest absolute Gasteiger partial charge is 0.259 e. The van der Waals surface area contributed by atoms with Gasteiger partial charge in [0.15, 0.2) is 0 Å². The first-order chi connectivity index (χ1) is 16.9. The molecule has 4 nitrogen and oxygen atoms in total. The van der Waals surface area contributed by atoms with Crippen molar-refractivity contribution < 1.29 is 14.0 Å². The van der Waals surface area contributed by atoms with Crippen LogP contribution in [-0.2, 0) is 6.54 Å². The standard InChI is InChI=1S/C29H29FN2O2S/c1-18-8-7-12-24(19(18)2)31-28(33)20-14-15-27-25(16-20)32(17-21-9-3-5-11-23(21)30)29(34)22-10-4-6-13-26(22)35-27/h3-6,9-11,13-16,18-19,24H,7-8,12,17H2,1-2H3,(H,31,33)/t18-,19-,24-/m1/s1. The Morgan fingerprint density at radius 2 is 1.80 bits per heavy atom. The van der Waals surface area contributed by atoms with Crippen molar-refractivity contribution in [2.24, 2.45) is 11.8 Å². The average Bonchev–Trinajstić information content (AvgIpc) is 2.97. The molecule has 0 aromatic heterocycles. The highest BCUT2D eigenvalue weighted by Crippen LogP contribution is 2.42. The van der Waals surface area contributed by atoms with Crippen LogP contribution in [-0.4, -0.2) is 17.9 Å². The van der Waals surface area contributed by atoms with E-state index in [1.807, 2.05) is 30.3 Å². The fraction of sp³-hybridized carbons (Fsp3) is 0.310. The van der Waals surface area contributed by atoms with Crippen molar-refractivity contribution in [3.05, 3.63) is 89.2 Å². The Balaban J connectivity index is 1.52. The minimum Gasteiger partial charge on any atom is -0.349 e. The normalized spacial score (nSPS) is 21.6. The van der Waals surface area contributed by atoms with Gasteiger partial charge in [0.2, 0.25) is 0 Å². The first kappa shape index (κ1) is 23.6. The van der Waals surface area contributed by atoms with E-state index in [9.17, 15) is 14.0 Å². The van der Waals surface area contributed by atoms with Gasteiger partial charge in [0.1, 0.15) is 5.82 Å². The lowest BCUT2D eigenvalue weighted by atomic mass is 9.78. The molecule has 0 bridgehead atoms. The number of fused-ring (bicyclic) bond motifs is 2. The molecule has 6 heteroatoms. The Morgan fingerprint density at radius 3 is 2.63 bits per heavy atom. The van der Waals surface area contributed by atoms with Gasteiger partial charge < -0.3 is 10.2 Å². The third-order valence-corrected chi connectivity index (χ3v) is 8.55. The molecular formula is C29H29FN2O2S. The summed E-state index contributed by atoms with van der Waals surface area (Å²) in [4.78, 5) is 30.2. The fourth-order valence-corrected chi connectivity index (χ4v) is 6.11. The number of carbonyl (C=O) groups is 2. The van der Waals surface area contributed by atoms with Gasteiger partial charge in [-0.25, -0.2) is 4.39 Å². The van der Waals surface area contributed by atoms with E-state index >= 15 is 0 Å². The summed E-state index contributed by atoms with van der Waals surface area (Å²) in [6, 6.07) is 19.6. The van der Waals surface area contributed by atoms with Gasteiger partial charge in [-0.1, -0.05) is 68.8 Å². The topological polar surface area (TPSA) is 49.4 Å². The molecule has 1 aliphatic heterocycles. The molecule has 3 aromatic carbocycles. The summed E-state index contributed by atoms with van der Waals surface area (Å²) < 4.78 is 14.6. The third-order valence-electron chi connectivity index (χ3n) is 7.40. The van der Waals surface area contributed by atoms with Gasteiger partial charge >= 0.3 is 0 Å². The molecule has 35 heavy (non-hydrogen) atoms. The maximum absolute atomic E-state index is 14.6. The Bertz CT molecular complexity index is 1280. The number of carbonyl (C=O) groups excluding carboxylic acids is 2. The highest BCUT2D eigenvalue weighted by atomic mass is 32.2. The molecule has 1 fully saturated rings. The minimum absolute atomic E-state index is 0.0790. The van der Waals surface area contributed by atoms with Crippen molar-refractivity contribution in [2.75, 3.05) is 4.90 Å². The van der Waals surface area contributed by atoms with Crippen LogP contribution in [0.2, 0.25) is 0 Å². The molecule has 180 valence electrons. The number of amides is 2. The SMILES string of the molecule is C[C@@H]1[C@H](C)CCC[C@H]1NC(=O)c1ccc2c(c1)N(Cc1ccccc1F)C(=O)c1ccccc1S2. The van der Waals surface area contributed by atoms with Crippen LogP contribution in [0.15, 0.2) is 76.5 Å². The zero-order chi connectivity index (χ0) is 24.5. The van der Waals surface area contributed by atoms with Crippen LogP contribution in [0.4, 0.5) is 10.1 Å². The maximum Gasteiger partial charge on any atom is 0.259 e. The fourth-order valence-electron chi connectivity index (χ4n) is 5.05. The molecule has 5 rings (SSSR count). The zero-order valence-electron chi connectivity index (χ0n) is 20.0. The lowest BCUT2D eigenvalue weighted by Gasteiger charge is -2.34. The van der Waals surface area contributed by atoms with Gasteiger partial charge in [-0.2, -0.15) is 0 Å². The number of nitrogens with zero attached hydrogens (tertiary/aromatic N) is 1. The van der Waals surface area contributed by atoms with E-state index in [-0.39, 0.29) is 30.2 Å². The van der Waals surface area contributed by atoms with Crippen LogP contribution in [0.1, 0.15) is 59.4 Å².